The van der Waals surface area contributed by atoms with Crippen molar-refractivity contribution >= 4 is 59.0 Å². The Hall–Kier alpha value is -5.30. The summed E-state index contributed by atoms with van der Waals surface area (Å²) < 4.78 is 0. The van der Waals surface area contributed by atoms with Crippen LogP contribution in [0.15, 0.2) is 0 Å². The molecule has 24 heteroatoms. The molecule has 0 aromatic carbocycles. The lowest BCUT2D eigenvalue weighted by Crippen LogP contribution is -2.64. The van der Waals surface area contributed by atoms with Gasteiger partial charge in [0, 0.05) is 24.8 Å². The Labute approximate surface area is 313 Å². The van der Waals surface area contributed by atoms with E-state index in [2.05, 4.69) is 16.0 Å². The van der Waals surface area contributed by atoms with Crippen molar-refractivity contribution in [2.45, 2.75) is 95.7 Å². The molecule has 55 heavy (non-hydrogen) atoms. The number of aliphatic carboxylic acids is 1. The first-order valence-electron chi connectivity index (χ1n) is 16.9. The standard InChI is InChI=1S/C31H50N8O16/c1-10(2)13-6-16(42)15(9-40)36-26(49)14(7-33-24(47)11(3)4)35-30(53)20(31(54)55)39-27(50)17(43)8-34-28(51)18(12(5)41)37-29(52)19(38-25(13)48)21(44)22(45)23(32)46/h10-15,17-22,40-41,43-45H,6-9H2,1-5H3,(H2,32,46)(H,33,47)(H,34,51)(H,35,53)(H,36,49)(H,37,52)(H,38,48)(H,39,50)(H,54,55). The van der Waals surface area contributed by atoms with E-state index in [0.717, 1.165) is 6.92 Å². The van der Waals surface area contributed by atoms with Crippen LogP contribution >= 0.6 is 0 Å². The molecule has 0 aromatic rings. The molecular formula is C31H50N8O16. The Kier molecular flexibility index (Phi) is 18.7. The quantitative estimate of drug-likeness (QED) is 0.0914. The second-order valence-electron chi connectivity index (χ2n) is 13.3. The molecule has 1 aliphatic rings. The molecule has 0 bridgehead atoms. The minimum atomic E-state index is -2.50. The number of aliphatic hydroxyl groups is 5. The van der Waals surface area contributed by atoms with Gasteiger partial charge in [-0.3, -0.25) is 43.2 Å². The summed E-state index contributed by atoms with van der Waals surface area (Å²) >= 11 is 0. The lowest BCUT2D eigenvalue weighted by Gasteiger charge is -2.30. The van der Waals surface area contributed by atoms with Crippen molar-refractivity contribution in [3.8, 4) is 0 Å². The number of hydrogen-bond donors (Lipinski definition) is 14. The molecule has 0 spiro atoms. The summed E-state index contributed by atoms with van der Waals surface area (Å²) in [6.07, 6.45) is -9.85. The van der Waals surface area contributed by atoms with E-state index in [0.29, 0.717) is 0 Å². The number of primary amides is 1. The van der Waals surface area contributed by atoms with E-state index in [1.165, 1.54) is 27.7 Å². The number of carboxylic acids is 1. The summed E-state index contributed by atoms with van der Waals surface area (Å²) in [7, 11) is 0. The van der Waals surface area contributed by atoms with Crippen LogP contribution in [-0.4, -0.2) is 164 Å². The van der Waals surface area contributed by atoms with Crippen molar-refractivity contribution in [3.63, 3.8) is 0 Å². The van der Waals surface area contributed by atoms with Gasteiger partial charge >= 0.3 is 5.97 Å². The Morgan fingerprint density at radius 1 is 0.764 bits per heavy atom. The second-order valence-corrected chi connectivity index (χ2v) is 13.3. The van der Waals surface area contributed by atoms with Crippen LogP contribution in [0.4, 0.5) is 0 Å². The highest BCUT2D eigenvalue weighted by Crippen LogP contribution is 2.18. The summed E-state index contributed by atoms with van der Waals surface area (Å²) in [5.74, 6) is -16.4. The van der Waals surface area contributed by atoms with Gasteiger partial charge in [-0.1, -0.05) is 27.7 Å². The van der Waals surface area contributed by atoms with Gasteiger partial charge < -0.3 is 73.6 Å². The smallest absolute Gasteiger partial charge is 0.336 e. The van der Waals surface area contributed by atoms with Gasteiger partial charge in [0.15, 0.2) is 11.9 Å². The molecule has 0 aliphatic carbocycles. The van der Waals surface area contributed by atoms with Crippen molar-refractivity contribution in [2.75, 3.05) is 19.7 Å². The van der Waals surface area contributed by atoms with E-state index >= 15 is 0 Å². The van der Waals surface area contributed by atoms with E-state index in [9.17, 15) is 78.6 Å². The molecule has 1 heterocycles. The Morgan fingerprint density at radius 2 is 1.33 bits per heavy atom. The third-order valence-electron chi connectivity index (χ3n) is 8.26. The molecule has 0 aromatic heterocycles. The summed E-state index contributed by atoms with van der Waals surface area (Å²) in [4.78, 5) is 128. The third-order valence-corrected chi connectivity index (χ3v) is 8.26. The molecule has 0 saturated carbocycles. The first-order chi connectivity index (χ1) is 25.4. The molecule has 1 rings (SSSR count). The third kappa shape index (κ3) is 14.1. The maximum atomic E-state index is 13.6. The number of hydrogen-bond acceptors (Lipinski definition) is 15. The van der Waals surface area contributed by atoms with Crippen molar-refractivity contribution < 1.29 is 78.6 Å². The van der Waals surface area contributed by atoms with Crippen molar-refractivity contribution in [3.05, 3.63) is 0 Å². The summed E-state index contributed by atoms with van der Waals surface area (Å²) in [6.45, 7) is 4.02. The molecule has 24 nitrogen and oxygen atoms in total. The van der Waals surface area contributed by atoms with Crippen LogP contribution in [0.5, 0.6) is 0 Å². The van der Waals surface area contributed by atoms with Crippen molar-refractivity contribution in [1.29, 1.82) is 0 Å². The number of amides is 8. The number of nitrogens with one attached hydrogen (secondary N) is 7. The van der Waals surface area contributed by atoms with Gasteiger partial charge in [0.2, 0.25) is 41.5 Å². The average Bonchev–Trinajstić information content (AvgIpc) is 3.10. The maximum Gasteiger partial charge on any atom is 0.336 e. The first kappa shape index (κ1) is 47.7. The summed E-state index contributed by atoms with van der Waals surface area (Å²) in [5, 5.41) is 75.4. The maximum absolute atomic E-state index is 13.6. The topological polar surface area (TPSA) is 402 Å². The van der Waals surface area contributed by atoms with E-state index in [1.807, 2.05) is 16.0 Å². The molecule has 10 unspecified atom stereocenters. The SMILES string of the molecule is CC(C)C(=O)NCC1NC(=O)C(C(=O)O)NC(=O)C(O)CNC(=O)C(C(C)O)NC(=O)C(C(O)C(O)C(N)=O)NC(=O)C(C(C)C)CC(=O)C(CO)NC1=O. The molecule has 10 atom stereocenters. The normalized spacial score (nSPS) is 27.4. The van der Waals surface area contributed by atoms with E-state index in [4.69, 9.17) is 5.73 Å². The number of carbonyl (C=O) groups excluding carboxylic acids is 9. The number of ketones is 1. The predicted octanol–water partition coefficient (Wildman–Crippen LogP) is -8.43. The van der Waals surface area contributed by atoms with Crippen LogP contribution < -0.4 is 43.0 Å². The molecular weight excluding hydrogens is 740 g/mol. The highest BCUT2D eigenvalue weighted by atomic mass is 16.4. The molecule has 310 valence electrons. The molecule has 1 fully saturated rings. The molecule has 0 radical (unpaired) electrons. The second kappa shape index (κ2) is 21.6. The number of carboxylic acid groups (broad SMARTS) is 1. The molecule has 15 N–H and O–H groups in total. The fraction of sp³-hybridized carbons (Fsp3) is 0.677. The summed E-state index contributed by atoms with van der Waals surface area (Å²) in [6, 6.07) is -10.5. The van der Waals surface area contributed by atoms with Crippen LogP contribution in [-0.2, 0) is 47.9 Å². The van der Waals surface area contributed by atoms with Crippen LogP contribution in [0.25, 0.3) is 0 Å². The number of rotatable bonds is 10. The fourth-order valence-corrected chi connectivity index (χ4v) is 4.80. The van der Waals surface area contributed by atoms with Gasteiger partial charge in [0.1, 0.15) is 36.4 Å². The Balaban J connectivity index is 3.79. The first-order valence-corrected chi connectivity index (χ1v) is 16.9. The van der Waals surface area contributed by atoms with Crippen LogP contribution in [0.3, 0.4) is 0 Å². The monoisotopic (exact) mass is 790 g/mol. The van der Waals surface area contributed by atoms with Gasteiger partial charge in [0.05, 0.1) is 19.3 Å². The van der Waals surface area contributed by atoms with Gasteiger partial charge in [-0.25, -0.2) is 4.79 Å². The average molecular weight is 791 g/mol. The van der Waals surface area contributed by atoms with E-state index < -0.39 is 158 Å². The van der Waals surface area contributed by atoms with Gasteiger partial charge in [0.25, 0.3) is 11.8 Å². The highest BCUT2D eigenvalue weighted by Gasteiger charge is 2.41. The fourth-order valence-electron chi connectivity index (χ4n) is 4.80. The van der Waals surface area contributed by atoms with E-state index in [1.54, 1.807) is 5.32 Å². The number of aliphatic hydroxyl groups excluding tert-OH is 5. The largest absolute Gasteiger partial charge is 0.479 e. The summed E-state index contributed by atoms with van der Waals surface area (Å²) in [5.41, 5.74) is 5.05. The van der Waals surface area contributed by atoms with Crippen LogP contribution in [0.2, 0.25) is 0 Å². The van der Waals surface area contributed by atoms with Crippen molar-refractivity contribution in [1.82, 2.24) is 37.2 Å². The van der Waals surface area contributed by atoms with Crippen LogP contribution in [0.1, 0.15) is 41.0 Å². The highest BCUT2D eigenvalue weighted by molar-refractivity contribution is 6.06. The minimum absolute atomic E-state index is 0.632. The zero-order chi connectivity index (χ0) is 42.5. The van der Waals surface area contributed by atoms with Gasteiger partial charge in [-0.2, -0.15) is 0 Å². The Morgan fingerprint density at radius 3 is 1.82 bits per heavy atom. The number of nitrogens with two attached hydrogens (primary N) is 1. The zero-order valence-corrected chi connectivity index (χ0v) is 30.6. The zero-order valence-electron chi connectivity index (χ0n) is 30.6. The number of carbonyl (C=O) groups is 10. The van der Waals surface area contributed by atoms with Gasteiger partial charge in [-0.15, -0.1) is 0 Å². The van der Waals surface area contributed by atoms with Crippen LogP contribution in [0, 0.1) is 17.8 Å². The lowest BCUT2D eigenvalue weighted by atomic mass is 9.87. The van der Waals surface area contributed by atoms with Crippen molar-refractivity contribution in [2.24, 2.45) is 23.5 Å². The number of β-amino-alcohol motifs (C(OH)–C–C–N with tert-alkyl or cyclic N) is 1. The molecule has 1 saturated heterocycles. The van der Waals surface area contributed by atoms with E-state index in [-0.39, 0.29) is 0 Å². The predicted molar refractivity (Wildman–Crippen MR) is 182 cm³/mol. The lowest BCUT2D eigenvalue weighted by molar-refractivity contribution is -0.148. The van der Waals surface area contributed by atoms with Gasteiger partial charge in [-0.05, 0) is 12.8 Å². The minimum Gasteiger partial charge on any atom is -0.479 e. The Bertz CT molecular complexity index is 1470. The molecule has 8 amide bonds. The number of Topliss-reactive ketones (excluding diaryl/α,β-unsaturated/α-hetero) is 1. The molecule has 1 aliphatic heterocycles.